The second kappa shape index (κ2) is 9.37. The summed E-state index contributed by atoms with van der Waals surface area (Å²) in [5.74, 6) is -0.222. The molecule has 3 aromatic rings. The van der Waals surface area contributed by atoms with Gasteiger partial charge < -0.3 is 14.8 Å². The molecule has 0 saturated heterocycles. The van der Waals surface area contributed by atoms with Crippen LogP contribution in [0.25, 0.3) is 0 Å². The minimum absolute atomic E-state index is 0.322. The summed E-state index contributed by atoms with van der Waals surface area (Å²) in [4.78, 5) is 24.3. The van der Waals surface area contributed by atoms with Gasteiger partial charge in [-0.1, -0.05) is 48.5 Å². The first-order chi connectivity index (χ1) is 13.7. The Hall–Kier alpha value is -3.60. The fourth-order valence-electron chi connectivity index (χ4n) is 2.72. The van der Waals surface area contributed by atoms with E-state index in [9.17, 15) is 9.59 Å². The van der Waals surface area contributed by atoms with Crippen molar-refractivity contribution in [3.8, 4) is 5.75 Å². The van der Waals surface area contributed by atoms with E-state index in [4.69, 9.17) is 9.47 Å². The molecule has 3 rings (SSSR count). The summed E-state index contributed by atoms with van der Waals surface area (Å²) in [6.45, 7) is 0.495. The molecular formula is C23H21NO4. The Labute approximate surface area is 163 Å². The van der Waals surface area contributed by atoms with Gasteiger partial charge in [0.15, 0.2) is 0 Å². The van der Waals surface area contributed by atoms with E-state index in [1.807, 2.05) is 48.5 Å². The molecule has 0 bridgehead atoms. The Morgan fingerprint density at radius 3 is 2.36 bits per heavy atom. The zero-order valence-corrected chi connectivity index (χ0v) is 15.6. The average molecular weight is 375 g/mol. The van der Waals surface area contributed by atoms with Crippen LogP contribution < -0.4 is 10.1 Å². The summed E-state index contributed by atoms with van der Waals surface area (Å²) in [7, 11) is 1.30. The van der Waals surface area contributed by atoms with Crippen molar-refractivity contribution in [2.75, 3.05) is 19.0 Å². The normalized spacial score (nSPS) is 10.2. The van der Waals surface area contributed by atoms with Crippen LogP contribution in [-0.4, -0.2) is 25.6 Å². The molecule has 0 aliphatic rings. The Morgan fingerprint density at radius 1 is 0.857 bits per heavy atom. The Morgan fingerprint density at radius 2 is 1.57 bits per heavy atom. The molecule has 0 atom stereocenters. The van der Waals surface area contributed by atoms with Crippen LogP contribution in [0.1, 0.15) is 26.3 Å². The highest BCUT2D eigenvalue weighted by atomic mass is 16.5. The third-order valence-electron chi connectivity index (χ3n) is 4.17. The fourth-order valence-corrected chi connectivity index (χ4v) is 2.72. The molecular weight excluding hydrogens is 354 g/mol. The smallest absolute Gasteiger partial charge is 0.337 e. The van der Waals surface area contributed by atoms with Crippen molar-refractivity contribution >= 4 is 17.6 Å². The summed E-state index contributed by atoms with van der Waals surface area (Å²) < 4.78 is 10.6. The molecule has 142 valence electrons. The largest absolute Gasteiger partial charge is 0.491 e. The molecule has 5 nitrogen and oxygen atoms in total. The Kier molecular flexibility index (Phi) is 6.41. The quantitative estimate of drug-likeness (QED) is 0.624. The van der Waals surface area contributed by atoms with Gasteiger partial charge in [0.1, 0.15) is 5.75 Å². The zero-order valence-electron chi connectivity index (χ0n) is 15.6. The number of carbonyl (C=O) groups is 2. The lowest BCUT2D eigenvalue weighted by Crippen LogP contribution is -2.14. The van der Waals surface area contributed by atoms with Crippen LogP contribution in [0.3, 0.4) is 0 Å². The lowest BCUT2D eigenvalue weighted by molar-refractivity contribution is 0.0600. The zero-order chi connectivity index (χ0) is 19.8. The molecule has 0 aromatic heterocycles. The van der Waals surface area contributed by atoms with Gasteiger partial charge in [-0.3, -0.25) is 4.79 Å². The molecule has 0 aliphatic heterocycles. The molecule has 28 heavy (non-hydrogen) atoms. The molecule has 0 unspecified atom stereocenters. The molecule has 0 heterocycles. The van der Waals surface area contributed by atoms with Gasteiger partial charge >= 0.3 is 5.97 Å². The summed E-state index contributed by atoms with van der Waals surface area (Å²) in [5, 5.41) is 2.84. The van der Waals surface area contributed by atoms with Crippen molar-refractivity contribution in [2.24, 2.45) is 0 Å². The lowest BCUT2D eigenvalue weighted by Gasteiger charge is -2.13. The molecule has 1 N–H and O–H groups in total. The lowest BCUT2D eigenvalue weighted by atomic mass is 10.1. The predicted octanol–water partition coefficient (Wildman–Crippen LogP) is 4.35. The number of rotatable bonds is 7. The van der Waals surface area contributed by atoms with Gasteiger partial charge in [0.25, 0.3) is 5.91 Å². The van der Waals surface area contributed by atoms with Crippen LogP contribution >= 0.6 is 0 Å². The molecule has 3 aromatic carbocycles. The van der Waals surface area contributed by atoms with E-state index in [2.05, 4.69) is 5.32 Å². The van der Waals surface area contributed by atoms with Crippen LogP contribution in [0.15, 0.2) is 78.9 Å². The number of hydrogen-bond donors (Lipinski definition) is 1. The summed E-state index contributed by atoms with van der Waals surface area (Å²) >= 11 is 0. The molecule has 0 fully saturated rings. The predicted molar refractivity (Wildman–Crippen MR) is 108 cm³/mol. The minimum Gasteiger partial charge on any atom is -0.491 e. The van der Waals surface area contributed by atoms with Crippen LogP contribution in [0.2, 0.25) is 0 Å². The average Bonchev–Trinajstić information content (AvgIpc) is 2.75. The highest BCUT2D eigenvalue weighted by Crippen LogP contribution is 2.24. The maximum absolute atomic E-state index is 12.6. The Bertz CT molecular complexity index is 954. The first-order valence-electron chi connectivity index (χ1n) is 8.93. The second-order valence-electron chi connectivity index (χ2n) is 6.11. The monoisotopic (exact) mass is 375 g/mol. The van der Waals surface area contributed by atoms with Gasteiger partial charge in [-0.05, 0) is 35.9 Å². The van der Waals surface area contributed by atoms with E-state index in [1.54, 1.807) is 24.3 Å². The van der Waals surface area contributed by atoms with Crippen molar-refractivity contribution in [1.82, 2.24) is 0 Å². The van der Waals surface area contributed by atoms with E-state index >= 15 is 0 Å². The van der Waals surface area contributed by atoms with E-state index in [-0.39, 0.29) is 5.91 Å². The standard InChI is InChI=1S/C23H21NO4/c1-27-23(26)19-11-7-10-18(16-19)22(25)24-20-12-5-6-13-21(20)28-15-14-17-8-3-2-4-9-17/h2-13,16H,14-15H2,1H3,(H,24,25). The molecule has 0 radical (unpaired) electrons. The van der Waals surface area contributed by atoms with Crippen LogP contribution in [0, 0.1) is 0 Å². The summed E-state index contributed by atoms with van der Waals surface area (Å²) in [6.07, 6.45) is 0.768. The minimum atomic E-state index is -0.487. The number of carbonyl (C=O) groups excluding carboxylic acids is 2. The van der Waals surface area contributed by atoms with Crippen molar-refractivity contribution < 1.29 is 19.1 Å². The second-order valence-corrected chi connectivity index (χ2v) is 6.11. The number of esters is 1. The van der Waals surface area contributed by atoms with E-state index < -0.39 is 5.97 Å². The van der Waals surface area contributed by atoms with Crippen LogP contribution in [0.4, 0.5) is 5.69 Å². The first-order valence-corrected chi connectivity index (χ1v) is 8.93. The maximum Gasteiger partial charge on any atom is 0.337 e. The third kappa shape index (κ3) is 4.98. The number of benzene rings is 3. The van der Waals surface area contributed by atoms with Crippen LogP contribution in [-0.2, 0) is 11.2 Å². The number of nitrogens with one attached hydrogen (secondary N) is 1. The van der Waals surface area contributed by atoms with E-state index in [0.29, 0.717) is 29.2 Å². The highest BCUT2D eigenvalue weighted by Gasteiger charge is 2.13. The van der Waals surface area contributed by atoms with Crippen molar-refractivity contribution in [2.45, 2.75) is 6.42 Å². The third-order valence-corrected chi connectivity index (χ3v) is 4.17. The van der Waals surface area contributed by atoms with Gasteiger partial charge in [0.2, 0.25) is 0 Å². The number of anilines is 1. The first kappa shape index (κ1) is 19.2. The number of methoxy groups -OCH3 is 1. The van der Waals surface area contributed by atoms with Gasteiger partial charge in [-0.15, -0.1) is 0 Å². The van der Waals surface area contributed by atoms with Gasteiger partial charge in [-0.25, -0.2) is 4.79 Å². The van der Waals surface area contributed by atoms with Gasteiger partial charge in [0.05, 0.1) is 25.0 Å². The van der Waals surface area contributed by atoms with Crippen molar-refractivity contribution in [1.29, 1.82) is 0 Å². The number of amides is 1. The van der Waals surface area contributed by atoms with Crippen molar-refractivity contribution in [3.05, 3.63) is 95.6 Å². The summed E-state index contributed by atoms with van der Waals surface area (Å²) in [6, 6.07) is 23.7. The molecule has 0 spiro atoms. The van der Waals surface area contributed by atoms with E-state index in [1.165, 1.54) is 18.7 Å². The molecule has 1 amide bonds. The highest BCUT2D eigenvalue weighted by molar-refractivity contribution is 6.06. The number of hydrogen-bond acceptors (Lipinski definition) is 4. The molecule has 0 aliphatic carbocycles. The Balaban J connectivity index is 1.67. The van der Waals surface area contributed by atoms with Gasteiger partial charge in [-0.2, -0.15) is 0 Å². The SMILES string of the molecule is COC(=O)c1cccc(C(=O)Nc2ccccc2OCCc2ccccc2)c1. The topological polar surface area (TPSA) is 64.6 Å². The molecule has 5 heteroatoms. The van der Waals surface area contributed by atoms with Crippen molar-refractivity contribution in [3.63, 3.8) is 0 Å². The van der Waals surface area contributed by atoms with Crippen LogP contribution in [0.5, 0.6) is 5.75 Å². The van der Waals surface area contributed by atoms with Gasteiger partial charge in [0, 0.05) is 12.0 Å². The number of ether oxygens (including phenoxy) is 2. The van der Waals surface area contributed by atoms with E-state index in [0.717, 1.165) is 6.42 Å². The molecule has 0 saturated carbocycles. The fraction of sp³-hybridized carbons (Fsp3) is 0.130. The maximum atomic E-state index is 12.6. The summed E-state index contributed by atoms with van der Waals surface area (Å²) in [5.41, 5.74) is 2.44. The number of para-hydroxylation sites is 2.